The molecule has 1 aliphatic rings. The maximum atomic E-state index is 13.5. The van der Waals surface area contributed by atoms with Gasteiger partial charge in [0, 0.05) is 25.2 Å². The van der Waals surface area contributed by atoms with Crippen molar-refractivity contribution in [2.45, 2.75) is 12.8 Å². The van der Waals surface area contributed by atoms with Crippen molar-refractivity contribution >= 4 is 17.6 Å². The third kappa shape index (κ3) is 5.38. The van der Waals surface area contributed by atoms with Crippen LogP contribution in [0.2, 0.25) is 0 Å². The Balaban J connectivity index is 1.56. The Hall–Kier alpha value is -4.25. The second kappa shape index (κ2) is 10.6. The van der Waals surface area contributed by atoms with Gasteiger partial charge in [-0.05, 0) is 48.7 Å². The van der Waals surface area contributed by atoms with Crippen LogP contribution in [0.25, 0.3) is 11.3 Å². The summed E-state index contributed by atoms with van der Waals surface area (Å²) in [5.74, 6) is -0.601. The van der Waals surface area contributed by atoms with Gasteiger partial charge in [0.1, 0.15) is 11.6 Å². The Labute approximate surface area is 197 Å². The van der Waals surface area contributed by atoms with E-state index < -0.39 is 0 Å². The second-order valence-electron chi connectivity index (χ2n) is 8.04. The highest BCUT2D eigenvalue weighted by molar-refractivity contribution is 5.99. The van der Waals surface area contributed by atoms with Crippen LogP contribution in [-0.2, 0) is 11.2 Å². The molecular formula is C26H24FN5O2. The molecule has 0 saturated carbocycles. The van der Waals surface area contributed by atoms with Crippen LogP contribution in [0.4, 0.5) is 10.2 Å². The number of anilines is 1. The molecule has 0 bridgehead atoms. The number of carbonyl (C=O) groups excluding carboxylic acids is 2. The van der Waals surface area contributed by atoms with Crippen LogP contribution in [0, 0.1) is 23.1 Å². The van der Waals surface area contributed by atoms with Gasteiger partial charge in [0.2, 0.25) is 5.91 Å². The molecule has 1 unspecified atom stereocenters. The molecule has 2 amide bonds. The monoisotopic (exact) mass is 457 g/mol. The number of nitrogens with one attached hydrogen (secondary N) is 3. The van der Waals surface area contributed by atoms with Gasteiger partial charge >= 0.3 is 0 Å². The van der Waals surface area contributed by atoms with E-state index in [-0.39, 0.29) is 30.1 Å². The molecule has 172 valence electrons. The highest BCUT2D eigenvalue weighted by Crippen LogP contribution is 2.25. The molecule has 3 aromatic rings. The van der Waals surface area contributed by atoms with Gasteiger partial charge in [0.25, 0.3) is 5.91 Å². The maximum Gasteiger partial charge on any atom is 0.255 e. The van der Waals surface area contributed by atoms with Gasteiger partial charge in [-0.3, -0.25) is 9.59 Å². The van der Waals surface area contributed by atoms with Gasteiger partial charge < -0.3 is 16.0 Å². The molecule has 1 atom stereocenters. The average Bonchev–Trinajstić information content (AvgIpc) is 3.27. The van der Waals surface area contributed by atoms with Gasteiger partial charge in [-0.2, -0.15) is 5.26 Å². The van der Waals surface area contributed by atoms with E-state index >= 15 is 0 Å². The van der Waals surface area contributed by atoms with Crippen molar-refractivity contribution in [3.63, 3.8) is 0 Å². The maximum absolute atomic E-state index is 13.5. The van der Waals surface area contributed by atoms with Crippen LogP contribution >= 0.6 is 0 Å². The zero-order chi connectivity index (χ0) is 23.9. The molecule has 3 N–H and O–H groups in total. The summed E-state index contributed by atoms with van der Waals surface area (Å²) in [7, 11) is 0. The van der Waals surface area contributed by atoms with Crippen LogP contribution in [-0.4, -0.2) is 36.4 Å². The number of halogens is 1. The zero-order valence-electron chi connectivity index (χ0n) is 18.5. The third-order valence-corrected chi connectivity index (χ3v) is 5.73. The molecule has 8 heteroatoms. The normalized spacial score (nSPS) is 14.8. The number of benzene rings is 2. The lowest BCUT2D eigenvalue weighted by molar-refractivity contribution is -0.122. The van der Waals surface area contributed by atoms with E-state index in [1.165, 1.54) is 12.1 Å². The van der Waals surface area contributed by atoms with Crippen molar-refractivity contribution in [1.82, 2.24) is 15.6 Å². The standard InChI is InChI=1S/C26H24FN5O2/c27-20-6-3-4-17(14-20)10-12-29-24-22(26(34)31-16-19-11-13-30-25(19)33)8-9-23(32-24)21-7-2-1-5-18(21)15-28/h1-9,14,19H,10-13,16H2,(H,29,32)(H,30,33)(H,31,34). The number of aromatic nitrogens is 1. The summed E-state index contributed by atoms with van der Waals surface area (Å²) >= 11 is 0. The Morgan fingerprint density at radius 2 is 2.03 bits per heavy atom. The van der Waals surface area contributed by atoms with E-state index in [2.05, 4.69) is 27.0 Å². The Kier molecular flexibility index (Phi) is 7.13. The summed E-state index contributed by atoms with van der Waals surface area (Å²) in [6.45, 7) is 1.28. The quantitative estimate of drug-likeness (QED) is 0.481. The molecule has 0 spiro atoms. The zero-order valence-corrected chi connectivity index (χ0v) is 18.5. The first kappa shape index (κ1) is 22.9. The highest BCUT2D eigenvalue weighted by Gasteiger charge is 2.25. The molecule has 0 aliphatic carbocycles. The Bertz CT molecular complexity index is 1250. The van der Waals surface area contributed by atoms with Crippen molar-refractivity contribution in [3.8, 4) is 17.3 Å². The van der Waals surface area contributed by atoms with Crippen molar-refractivity contribution < 1.29 is 14.0 Å². The number of rotatable bonds is 8. The Morgan fingerprint density at radius 3 is 2.79 bits per heavy atom. The Morgan fingerprint density at radius 1 is 1.18 bits per heavy atom. The van der Waals surface area contributed by atoms with E-state index in [1.54, 1.807) is 36.4 Å². The van der Waals surface area contributed by atoms with Crippen LogP contribution in [0.3, 0.4) is 0 Å². The fourth-order valence-corrected chi connectivity index (χ4v) is 3.90. The fraction of sp³-hybridized carbons (Fsp3) is 0.231. The molecule has 1 fully saturated rings. The lowest BCUT2D eigenvalue weighted by Gasteiger charge is -2.15. The summed E-state index contributed by atoms with van der Waals surface area (Å²) < 4.78 is 13.5. The minimum atomic E-state index is -0.347. The fourth-order valence-electron chi connectivity index (χ4n) is 3.90. The molecule has 1 aliphatic heterocycles. The third-order valence-electron chi connectivity index (χ3n) is 5.73. The van der Waals surface area contributed by atoms with Crippen molar-refractivity contribution in [3.05, 3.63) is 83.2 Å². The average molecular weight is 458 g/mol. The SMILES string of the molecule is N#Cc1ccccc1-c1ccc(C(=O)NCC2CCNC2=O)c(NCCc2cccc(F)c2)n1. The van der Waals surface area contributed by atoms with Crippen molar-refractivity contribution in [2.24, 2.45) is 5.92 Å². The summed E-state index contributed by atoms with van der Waals surface area (Å²) in [6.07, 6.45) is 1.21. The lowest BCUT2D eigenvalue weighted by atomic mass is 10.0. The van der Waals surface area contributed by atoms with Crippen LogP contribution < -0.4 is 16.0 Å². The number of carbonyl (C=O) groups is 2. The number of nitrogens with zero attached hydrogens (tertiary/aromatic N) is 2. The van der Waals surface area contributed by atoms with Crippen LogP contribution in [0.1, 0.15) is 27.9 Å². The molecule has 1 saturated heterocycles. The summed E-state index contributed by atoms with van der Waals surface area (Å²) in [5.41, 5.74) is 2.84. The van der Waals surface area contributed by atoms with Gasteiger partial charge in [0.05, 0.1) is 28.8 Å². The number of hydrogen-bond acceptors (Lipinski definition) is 5. The number of pyridine rings is 1. The molecule has 7 nitrogen and oxygen atoms in total. The smallest absolute Gasteiger partial charge is 0.255 e. The van der Waals surface area contributed by atoms with E-state index in [4.69, 9.17) is 0 Å². The topological polar surface area (TPSA) is 107 Å². The molecule has 2 aromatic carbocycles. The molecule has 4 rings (SSSR count). The van der Waals surface area contributed by atoms with Crippen molar-refractivity contribution in [1.29, 1.82) is 5.26 Å². The van der Waals surface area contributed by atoms with Gasteiger partial charge in [-0.15, -0.1) is 0 Å². The molecule has 0 radical (unpaired) electrons. The van der Waals surface area contributed by atoms with E-state index in [0.29, 0.717) is 54.1 Å². The van der Waals surface area contributed by atoms with E-state index in [0.717, 1.165) is 5.56 Å². The van der Waals surface area contributed by atoms with Gasteiger partial charge in [0.15, 0.2) is 0 Å². The van der Waals surface area contributed by atoms with E-state index in [9.17, 15) is 19.2 Å². The van der Waals surface area contributed by atoms with Gasteiger partial charge in [-0.25, -0.2) is 9.37 Å². The largest absolute Gasteiger partial charge is 0.369 e. The number of amides is 2. The van der Waals surface area contributed by atoms with Crippen LogP contribution in [0.5, 0.6) is 0 Å². The summed E-state index contributed by atoms with van der Waals surface area (Å²) in [4.78, 5) is 29.4. The van der Waals surface area contributed by atoms with Crippen molar-refractivity contribution in [2.75, 3.05) is 25.0 Å². The molecule has 2 heterocycles. The predicted octanol–water partition coefficient (Wildman–Crippen LogP) is 3.28. The van der Waals surface area contributed by atoms with Gasteiger partial charge in [-0.1, -0.05) is 30.3 Å². The highest BCUT2D eigenvalue weighted by atomic mass is 19.1. The number of hydrogen-bond donors (Lipinski definition) is 3. The first-order chi connectivity index (χ1) is 16.5. The van der Waals surface area contributed by atoms with Crippen LogP contribution in [0.15, 0.2) is 60.7 Å². The minimum absolute atomic E-state index is 0.0599. The van der Waals surface area contributed by atoms with E-state index in [1.807, 2.05) is 12.1 Å². The first-order valence-electron chi connectivity index (χ1n) is 11.1. The molecule has 1 aromatic heterocycles. The summed E-state index contributed by atoms with van der Waals surface area (Å²) in [6, 6.07) is 19.0. The first-order valence-corrected chi connectivity index (χ1v) is 11.1. The lowest BCUT2D eigenvalue weighted by Crippen LogP contribution is -2.33. The minimum Gasteiger partial charge on any atom is -0.369 e. The summed E-state index contributed by atoms with van der Waals surface area (Å²) in [5, 5.41) is 18.2. The predicted molar refractivity (Wildman–Crippen MR) is 126 cm³/mol. The molecular weight excluding hydrogens is 433 g/mol. The second-order valence-corrected chi connectivity index (χ2v) is 8.04. The molecule has 34 heavy (non-hydrogen) atoms. The number of nitriles is 1.